The molecule has 1 saturated carbocycles. The fraction of sp³-hybridized carbons (Fsp3) is 0.480. The molecule has 1 aliphatic carbocycles. The molecule has 0 spiro atoms. The molecule has 1 fully saturated rings. The van der Waals surface area contributed by atoms with E-state index in [-0.39, 0.29) is 24.4 Å². The predicted octanol–water partition coefficient (Wildman–Crippen LogP) is 3.50. The molecule has 8 heteroatoms. The van der Waals surface area contributed by atoms with E-state index in [2.05, 4.69) is 34.5 Å². The smallest absolute Gasteiger partial charge is 0.247 e. The lowest BCUT2D eigenvalue weighted by atomic mass is 10.0. The number of carbonyl (C=O) groups excluding carboxylic acids is 2. The maximum Gasteiger partial charge on any atom is 0.247 e. The van der Waals surface area contributed by atoms with Crippen molar-refractivity contribution in [3.63, 3.8) is 0 Å². The van der Waals surface area contributed by atoms with E-state index in [0.717, 1.165) is 48.7 Å². The first-order valence-electron chi connectivity index (χ1n) is 11.8. The Labute approximate surface area is 194 Å². The Morgan fingerprint density at radius 1 is 1.15 bits per heavy atom. The largest absolute Gasteiger partial charge is 0.354 e. The van der Waals surface area contributed by atoms with Crippen molar-refractivity contribution in [3.8, 4) is 0 Å². The maximum absolute atomic E-state index is 13.8. The molecular formula is C25H32N6O2. The minimum Gasteiger partial charge on any atom is -0.354 e. The Morgan fingerprint density at radius 2 is 1.94 bits per heavy atom. The second kappa shape index (κ2) is 10.6. The number of pyridine rings is 1. The summed E-state index contributed by atoms with van der Waals surface area (Å²) in [4.78, 5) is 33.3. The number of amides is 2. The van der Waals surface area contributed by atoms with Crippen molar-refractivity contribution >= 4 is 22.8 Å². The Hall–Kier alpha value is -3.29. The topological polar surface area (TPSA) is 93.0 Å². The molecule has 2 amide bonds. The summed E-state index contributed by atoms with van der Waals surface area (Å²) in [5, 5.41) is 11.4. The zero-order valence-electron chi connectivity index (χ0n) is 19.4. The summed E-state index contributed by atoms with van der Waals surface area (Å²) in [6, 6.07) is 10.5. The fourth-order valence-electron chi connectivity index (χ4n) is 4.54. The van der Waals surface area contributed by atoms with Gasteiger partial charge in [0.25, 0.3) is 0 Å². The third-order valence-electron chi connectivity index (χ3n) is 6.26. The van der Waals surface area contributed by atoms with Gasteiger partial charge in [0.05, 0.1) is 5.52 Å². The van der Waals surface area contributed by atoms with E-state index >= 15 is 0 Å². The van der Waals surface area contributed by atoms with E-state index in [1.165, 1.54) is 0 Å². The molecule has 0 aliphatic heterocycles. The first-order valence-corrected chi connectivity index (χ1v) is 11.8. The number of nitrogens with one attached hydrogen (secondary N) is 1. The van der Waals surface area contributed by atoms with Crippen LogP contribution in [0.15, 0.2) is 48.8 Å². The lowest BCUT2D eigenvalue weighted by Gasteiger charge is -2.36. The molecule has 2 aromatic heterocycles. The van der Waals surface area contributed by atoms with Gasteiger partial charge in [-0.15, -0.1) is 5.10 Å². The van der Waals surface area contributed by atoms with Crippen molar-refractivity contribution in [1.82, 2.24) is 30.2 Å². The average molecular weight is 449 g/mol. The van der Waals surface area contributed by atoms with E-state index in [4.69, 9.17) is 0 Å². The van der Waals surface area contributed by atoms with Crippen LogP contribution in [0.5, 0.6) is 0 Å². The number of rotatable bonds is 9. The third kappa shape index (κ3) is 5.38. The quantitative estimate of drug-likeness (QED) is 0.541. The normalized spacial score (nSPS) is 15.1. The number of aromatic nitrogens is 4. The van der Waals surface area contributed by atoms with Gasteiger partial charge >= 0.3 is 0 Å². The van der Waals surface area contributed by atoms with Crippen LogP contribution in [0, 0.1) is 5.92 Å². The van der Waals surface area contributed by atoms with Crippen molar-refractivity contribution in [2.75, 3.05) is 6.54 Å². The van der Waals surface area contributed by atoms with E-state index in [9.17, 15) is 9.59 Å². The molecule has 0 saturated heterocycles. The Kier molecular flexibility index (Phi) is 7.32. The fourth-order valence-corrected chi connectivity index (χ4v) is 4.54. The number of hydrogen-bond donors (Lipinski definition) is 1. The Bertz CT molecular complexity index is 1070. The van der Waals surface area contributed by atoms with Gasteiger partial charge in [-0.25, -0.2) is 4.68 Å². The molecule has 1 N–H and O–H groups in total. The highest BCUT2D eigenvalue weighted by atomic mass is 16.2. The third-order valence-corrected chi connectivity index (χ3v) is 6.26. The van der Waals surface area contributed by atoms with Crippen LogP contribution in [-0.2, 0) is 16.1 Å². The lowest BCUT2D eigenvalue weighted by molar-refractivity contribution is -0.144. The average Bonchev–Trinajstić information content (AvgIpc) is 3.48. The van der Waals surface area contributed by atoms with Gasteiger partial charge in [-0.2, -0.15) is 0 Å². The van der Waals surface area contributed by atoms with Gasteiger partial charge in [-0.3, -0.25) is 14.6 Å². The Balaban J connectivity index is 1.65. The van der Waals surface area contributed by atoms with Gasteiger partial charge in [0.15, 0.2) is 0 Å². The summed E-state index contributed by atoms with van der Waals surface area (Å²) in [6.07, 6.45) is 8.13. The summed E-state index contributed by atoms with van der Waals surface area (Å²) in [5.74, 6) is 0.188. The molecular weight excluding hydrogens is 416 g/mol. The predicted molar refractivity (Wildman–Crippen MR) is 126 cm³/mol. The highest BCUT2D eigenvalue weighted by Crippen LogP contribution is 2.32. The molecule has 0 bridgehead atoms. The SMILES string of the molecule is CC(C)CCNC(=O)[C@H](c1cccnc1)N(C(=O)Cn1nnc2ccccc21)C1CCCC1. The zero-order valence-corrected chi connectivity index (χ0v) is 19.4. The van der Waals surface area contributed by atoms with Crippen LogP contribution in [0.4, 0.5) is 0 Å². The summed E-state index contributed by atoms with van der Waals surface area (Å²) in [6.45, 7) is 4.86. The molecule has 0 radical (unpaired) electrons. The van der Waals surface area contributed by atoms with Crippen LogP contribution in [0.1, 0.15) is 57.6 Å². The molecule has 1 aromatic carbocycles. The summed E-state index contributed by atoms with van der Waals surface area (Å²) in [5.41, 5.74) is 2.27. The summed E-state index contributed by atoms with van der Waals surface area (Å²) in [7, 11) is 0. The molecule has 1 aliphatic rings. The molecule has 2 heterocycles. The molecule has 0 unspecified atom stereocenters. The standard InChI is InChI=1S/C25H32N6O2/c1-18(2)13-15-27-25(33)24(19-8-7-14-26-16-19)31(20-9-3-4-10-20)23(32)17-30-22-12-6-5-11-21(22)28-29-30/h5-8,11-12,14,16,18,20,24H,3-4,9-10,13,15,17H2,1-2H3,(H,27,33)/t24-/m0/s1. The number of hydrogen-bond acceptors (Lipinski definition) is 5. The molecule has 4 rings (SSSR count). The van der Waals surface area contributed by atoms with Crippen LogP contribution < -0.4 is 5.32 Å². The van der Waals surface area contributed by atoms with Crippen molar-refractivity contribution in [1.29, 1.82) is 0 Å². The van der Waals surface area contributed by atoms with Crippen molar-refractivity contribution in [2.24, 2.45) is 5.92 Å². The summed E-state index contributed by atoms with van der Waals surface area (Å²) < 4.78 is 1.62. The van der Waals surface area contributed by atoms with Gasteiger partial charge in [-0.1, -0.05) is 50.1 Å². The molecule has 33 heavy (non-hydrogen) atoms. The van der Waals surface area contributed by atoms with E-state index < -0.39 is 6.04 Å². The van der Waals surface area contributed by atoms with Crippen LogP contribution >= 0.6 is 0 Å². The second-order valence-corrected chi connectivity index (χ2v) is 9.14. The number of fused-ring (bicyclic) bond motifs is 1. The first kappa shape index (κ1) is 22.9. The van der Waals surface area contributed by atoms with Gasteiger partial charge in [0, 0.05) is 30.5 Å². The molecule has 3 aromatic rings. The number of carbonyl (C=O) groups is 2. The first-order chi connectivity index (χ1) is 16.0. The molecule has 1 atom stereocenters. The van der Waals surface area contributed by atoms with Gasteiger partial charge < -0.3 is 10.2 Å². The second-order valence-electron chi connectivity index (χ2n) is 9.14. The number of benzene rings is 1. The Morgan fingerprint density at radius 3 is 2.67 bits per heavy atom. The van der Waals surface area contributed by atoms with Gasteiger partial charge in [0.2, 0.25) is 11.8 Å². The van der Waals surface area contributed by atoms with E-state index in [1.54, 1.807) is 22.0 Å². The van der Waals surface area contributed by atoms with Crippen molar-refractivity contribution in [3.05, 3.63) is 54.4 Å². The van der Waals surface area contributed by atoms with Gasteiger partial charge in [0.1, 0.15) is 18.1 Å². The minimum absolute atomic E-state index is 0.00772. The highest BCUT2D eigenvalue weighted by Gasteiger charge is 2.37. The van der Waals surface area contributed by atoms with Crippen LogP contribution in [0.2, 0.25) is 0 Å². The monoisotopic (exact) mass is 448 g/mol. The van der Waals surface area contributed by atoms with Crippen LogP contribution in [0.3, 0.4) is 0 Å². The number of nitrogens with zero attached hydrogens (tertiary/aromatic N) is 5. The van der Waals surface area contributed by atoms with Crippen LogP contribution in [0.25, 0.3) is 11.0 Å². The van der Waals surface area contributed by atoms with Crippen LogP contribution in [-0.4, -0.2) is 49.3 Å². The summed E-state index contributed by atoms with van der Waals surface area (Å²) >= 11 is 0. The van der Waals surface area contributed by atoms with Gasteiger partial charge in [-0.05, 0) is 43.4 Å². The van der Waals surface area contributed by atoms with Crippen molar-refractivity contribution in [2.45, 2.75) is 64.6 Å². The maximum atomic E-state index is 13.8. The van der Waals surface area contributed by atoms with E-state index in [0.29, 0.717) is 12.5 Å². The minimum atomic E-state index is -0.726. The van der Waals surface area contributed by atoms with Crippen molar-refractivity contribution < 1.29 is 9.59 Å². The lowest BCUT2D eigenvalue weighted by Crippen LogP contribution is -2.49. The molecule has 174 valence electrons. The van der Waals surface area contributed by atoms with E-state index in [1.807, 2.05) is 36.4 Å². The molecule has 8 nitrogen and oxygen atoms in total. The highest BCUT2D eigenvalue weighted by molar-refractivity contribution is 5.89. The number of para-hydroxylation sites is 1. The zero-order chi connectivity index (χ0) is 23.2.